The van der Waals surface area contributed by atoms with E-state index < -0.39 is 14.1 Å². The normalized spacial score (nSPS) is 21.1. The van der Waals surface area contributed by atoms with Crippen LogP contribution in [-0.2, 0) is 9.84 Å². The number of alkyl halides is 3. The van der Waals surface area contributed by atoms with Crippen molar-refractivity contribution in [2.45, 2.75) is 17.1 Å². The van der Waals surface area contributed by atoms with Gasteiger partial charge in [0, 0.05) is 0 Å². The Morgan fingerprint density at radius 3 is 1.36 bits per heavy atom. The number of hydrogen-bond donors (Lipinski definition) is 0. The van der Waals surface area contributed by atoms with Crippen LogP contribution in [0.5, 0.6) is 0 Å². The molecule has 11 heavy (non-hydrogen) atoms. The van der Waals surface area contributed by atoms with Gasteiger partial charge in [-0.25, -0.2) is 8.42 Å². The minimum Gasteiger partial charge on any atom is -0.229 e. The van der Waals surface area contributed by atoms with Crippen molar-refractivity contribution < 1.29 is 8.42 Å². The van der Waals surface area contributed by atoms with Crippen LogP contribution in [0.15, 0.2) is 0 Å². The predicted octanol–water partition coefficient (Wildman–Crippen LogP) is 2.18. The van der Waals surface area contributed by atoms with E-state index in [1.165, 1.54) is 0 Å². The molecular weight excluding hydrogens is 230 g/mol. The lowest BCUT2D eigenvalue weighted by molar-refractivity contribution is 0.602. The molecule has 0 N–H and O–H groups in total. The molecule has 6 heteroatoms. The van der Waals surface area contributed by atoms with Gasteiger partial charge in [0.15, 0.2) is 4.30 Å². The average molecular weight is 240 g/mol. The van der Waals surface area contributed by atoms with E-state index in [9.17, 15) is 8.42 Å². The Morgan fingerprint density at radius 1 is 1.00 bits per heavy atom. The molecule has 0 aromatic heterocycles. The molecule has 2 nitrogen and oxygen atoms in total. The van der Waals surface area contributed by atoms with Gasteiger partial charge in [0.05, 0.1) is 11.5 Å². The molecule has 0 unspecified atom stereocenters. The van der Waals surface area contributed by atoms with Crippen LogP contribution in [-0.4, -0.2) is 24.2 Å². The molecule has 0 saturated carbocycles. The van der Waals surface area contributed by atoms with Crippen molar-refractivity contribution in [1.29, 1.82) is 0 Å². The fourth-order valence-corrected chi connectivity index (χ4v) is 2.24. The average Bonchev–Trinajstić information content (AvgIpc) is 2.11. The van der Waals surface area contributed by atoms with E-state index >= 15 is 0 Å². The van der Waals surface area contributed by atoms with Gasteiger partial charge in [0.1, 0.15) is 9.84 Å². The fourth-order valence-electron chi connectivity index (χ4n) is 0.746. The summed E-state index contributed by atoms with van der Waals surface area (Å²) >= 11 is 14.4. The lowest BCUT2D eigenvalue weighted by Gasteiger charge is -1.81. The smallest absolute Gasteiger partial charge is 0.180 e. The predicted molar refractivity (Wildman–Crippen MR) is 49.2 cm³/mol. The molecule has 1 heterocycles. The maximum absolute atomic E-state index is 10.4. The van der Waals surface area contributed by atoms with Crippen molar-refractivity contribution in [1.82, 2.24) is 0 Å². The summed E-state index contributed by atoms with van der Waals surface area (Å²) in [5.41, 5.74) is 0. The number of sulfone groups is 1. The largest absolute Gasteiger partial charge is 0.229 e. The fraction of sp³-hybridized carbons (Fsp3) is 1.00. The van der Waals surface area contributed by atoms with E-state index in [-0.39, 0.29) is 0 Å². The molecule has 68 valence electrons. The molecule has 1 aliphatic rings. The summed E-state index contributed by atoms with van der Waals surface area (Å²) in [5.74, 6) is 0.847. The zero-order valence-electron chi connectivity index (χ0n) is 5.76. The van der Waals surface area contributed by atoms with Crippen LogP contribution in [0.1, 0.15) is 12.8 Å². The highest BCUT2D eigenvalue weighted by atomic mass is 35.6. The van der Waals surface area contributed by atoms with Crippen LogP contribution in [0, 0.1) is 0 Å². The summed E-state index contributed by atoms with van der Waals surface area (Å²) in [5, 5.41) is 0. The summed E-state index contributed by atoms with van der Waals surface area (Å²) in [6.07, 6.45) is 1.75. The number of rotatable bonds is 0. The topological polar surface area (TPSA) is 34.1 Å². The highest BCUT2D eigenvalue weighted by molar-refractivity contribution is 7.91. The van der Waals surface area contributed by atoms with Crippen molar-refractivity contribution in [2.75, 3.05) is 11.5 Å². The van der Waals surface area contributed by atoms with Gasteiger partial charge in [0.25, 0.3) is 0 Å². The molecule has 1 rings (SSSR count). The van der Waals surface area contributed by atoms with E-state index in [4.69, 9.17) is 34.8 Å². The van der Waals surface area contributed by atoms with Gasteiger partial charge in [-0.15, -0.1) is 0 Å². The second kappa shape index (κ2) is 5.46. The molecule has 0 aromatic rings. The summed E-state index contributed by atoms with van der Waals surface area (Å²) < 4.78 is 20.1. The minimum absolute atomic E-state index is 0.424. The van der Waals surface area contributed by atoms with Crippen LogP contribution >= 0.6 is 34.8 Å². The Kier molecular flexibility index (Phi) is 5.87. The third-order valence-electron chi connectivity index (χ3n) is 1.16. The Hall–Kier alpha value is 0.820. The first-order chi connectivity index (χ1) is 4.94. The number of halogens is 3. The lowest BCUT2D eigenvalue weighted by Crippen LogP contribution is -1.98. The summed E-state index contributed by atoms with van der Waals surface area (Å²) in [6.45, 7) is 0. The van der Waals surface area contributed by atoms with Crippen molar-refractivity contribution in [3.8, 4) is 0 Å². The van der Waals surface area contributed by atoms with Gasteiger partial charge in [0.2, 0.25) is 0 Å². The Balaban J connectivity index is 0.000000218. The summed E-state index contributed by atoms with van der Waals surface area (Å²) in [7, 11) is -2.55. The van der Waals surface area contributed by atoms with E-state index in [1.807, 2.05) is 0 Å². The quantitative estimate of drug-likeness (QED) is 0.607. The third-order valence-corrected chi connectivity index (χ3v) is 2.98. The van der Waals surface area contributed by atoms with Crippen LogP contribution in [0.25, 0.3) is 0 Å². The van der Waals surface area contributed by atoms with E-state index in [2.05, 4.69) is 0 Å². The molecule has 0 amide bonds. The SMILES string of the molecule is ClC(Cl)Cl.O=S1(=O)CCCC1. The lowest BCUT2D eigenvalue weighted by atomic mass is 10.4. The van der Waals surface area contributed by atoms with Crippen LogP contribution in [0.4, 0.5) is 0 Å². The highest BCUT2D eigenvalue weighted by Gasteiger charge is 2.16. The first-order valence-electron chi connectivity index (χ1n) is 3.07. The van der Waals surface area contributed by atoms with Crippen molar-refractivity contribution >= 4 is 44.6 Å². The zero-order chi connectivity index (χ0) is 8.91. The van der Waals surface area contributed by atoms with Gasteiger partial charge in [-0.1, -0.05) is 34.8 Å². The molecule has 0 aliphatic carbocycles. The van der Waals surface area contributed by atoms with Crippen molar-refractivity contribution in [3.05, 3.63) is 0 Å². The zero-order valence-corrected chi connectivity index (χ0v) is 8.85. The standard InChI is InChI=1S/C4H8O2S.CHCl3/c5-7(6)3-1-2-4-7;2-1(3)4/h1-4H2;1H. The first kappa shape index (κ1) is 11.8. The molecule has 0 atom stereocenters. The molecule has 0 aromatic carbocycles. The Morgan fingerprint density at radius 2 is 1.27 bits per heavy atom. The highest BCUT2D eigenvalue weighted by Crippen LogP contribution is 2.08. The molecule has 1 saturated heterocycles. The first-order valence-corrected chi connectivity index (χ1v) is 6.20. The van der Waals surface area contributed by atoms with E-state index in [1.54, 1.807) is 0 Å². The second-order valence-electron chi connectivity index (χ2n) is 2.11. The molecule has 0 bridgehead atoms. The second-order valence-corrected chi connectivity index (χ2v) is 6.39. The van der Waals surface area contributed by atoms with Crippen molar-refractivity contribution in [3.63, 3.8) is 0 Å². The Labute approximate surface area is 81.7 Å². The van der Waals surface area contributed by atoms with Gasteiger partial charge in [-0.05, 0) is 12.8 Å². The molecule has 1 fully saturated rings. The third kappa shape index (κ3) is 8.73. The molecule has 0 radical (unpaired) electrons. The van der Waals surface area contributed by atoms with Gasteiger partial charge in [-0.2, -0.15) is 0 Å². The monoisotopic (exact) mass is 238 g/mol. The summed E-state index contributed by atoms with van der Waals surface area (Å²) in [6, 6.07) is 0. The van der Waals surface area contributed by atoms with Gasteiger partial charge >= 0.3 is 0 Å². The molecule has 0 spiro atoms. The van der Waals surface area contributed by atoms with Crippen LogP contribution in [0.3, 0.4) is 0 Å². The number of hydrogen-bond acceptors (Lipinski definition) is 2. The van der Waals surface area contributed by atoms with E-state index in [0.29, 0.717) is 11.5 Å². The molecular formula is C5H9Cl3O2S. The van der Waals surface area contributed by atoms with Crippen LogP contribution < -0.4 is 0 Å². The molecule has 1 aliphatic heterocycles. The summed E-state index contributed by atoms with van der Waals surface area (Å²) in [4.78, 5) is 0. The Bertz CT molecular complexity index is 173. The van der Waals surface area contributed by atoms with Crippen molar-refractivity contribution in [2.24, 2.45) is 0 Å². The van der Waals surface area contributed by atoms with Crippen LogP contribution in [0.2, 0.25) is 0 Å². The maximum Gasteiger partial charge on any atom is 0.180 e. The minimum atomic E-state index is -2.55. The van der Waals surface area contributed by atoms with Gasteiger partial charge < -0.3 is 0 Å². The maximum atomic E-state index is 10.4. The van der Waals surface area contributed by atoms with Gasteiger partial charge in [-0.3, -0.25) is 0 Å². The van der Waals surface area contributed by atoms with E-state index in [0.717, 1.165) is 12.8 Å².